The molecule has 2 heterocycles. The SMILES string of the molecule is CN1CCc2cc(C(CNC(=O)Cc3ccc(-c4ccccc4)cc3)N3CCOCC3)ccc21. The van der Waals surface area contributed by atoms with Crippen molar-refractivity contribution in [1.82, 2.24) is 10.2 Å². The van der Waals surface area contributed by atoms with Crippen LogP contribution < -0.4 is 10.2 Å². The molecule has 0 aromatic heterocycles. The Hall–Kier alpha value is -3.15. The van der Waals surface area contributed by atoms with Gasteiger partial charge in [0.05, 0.1) is 25.7 Å². The van der Waals surface area contributed by atoms with Crippen LogP contribution in [0.1, 0.15) is 22.7 Å². The second-order valence-corrected chi connectivity index (χ2v) is 9.27. The van der Waals surface area contributed by atoms with Crippen LogP contribution in [-0.4, -0.2) is 57.2 Å². The van der Waals surface area contributed by atoms with Crippen molar-refractivity contribution in [3.05, 3.63) is 89.5 Å². The van der Waals surface area contributed by atoms with Crippen LogP contribution in [0.2, 0.25) is 0 Å². The lowest BCUT2D eigenvalue weighted by Crippen LogP contribution is -2.44. The topological polar surface area (TPSA) is 44.8 Å². The number of benzene rings is 3. The third kappa shape index (κ3) is 5.16. The predicted octanol–water partition coefficient (Wildman–Crippen LogP) is 4.08. The fourth-order valence-corrected chi connectivity index (χ4v) is 5.04. The van der Waals surface area contributed by atoms with Crippen molar-refractivity contribution in [3.8, 4) is 11.1 Å². The fourth-order valence-electron chi connectivity index (χ4n) is 5.04. The molecule has 5 nitrogen and oxygen atoms in total. The van der Waals surface area contributed by atoms with E-state index in [0.29, 0.717) is 13.0 Å². The molecule has 3 aromatic carbocycles. The van der Waals surface area contributed by atoms with E-state index in [4.69, 9.17) is 4.74 Å². The minimum atomic E-state index is 0.0617. The van der Waals surface area contributed by atoms with E-state index in [0.717, 1.165) is 44.8 Å². The van der Waals surface area contributed by atoms with Crippen molar-refractivity contribution in [2.24, 2.45) is 0 Å². The number of amides is 1. The minimum absolute atomic E-state index is 0.0617. The van der Waals surface area contributed by atoms with Crippen LogP contribution in [0.4, 0.5) is 5.69 Å². The fraction of sp³-hybridized carbons (Fsp3) is 0.345. The molecule has 0 spiro atoms. The second-order valence-electron chi connectivity index (χ2n) is 9.27. The molecule has 0 bridgehead atoms. The number of likely N-dealkylation sites (N-methyl/N-ethyl adjacent to an activating group) is 1. The molecule has 1 fully saturated rings. The normalized spacial score (nSPS) is 16.8. The van der Waals surface area contributed by atoms with Crippen molar-refractivity contribution in [1.29, 1.82) is 0 Å². The number of anilines is 1. The van der Waals surface area contributed by atoms with Gasteiger partial charge in [0.15, 0.2) is 0 Å². The molecule has 5 heteroatoms. The molecule has 34 heavy (non-hydrogen) atoms. The number of carbonyl (C=O) groups is 1. The molecule has 0 radical (unpaired) electrons. The zero-order chi connectivity index (χ0) is 23.3. The molecular weight excluding hydrogens is 422 g/mol. The highest BCUT2D eigenvalue weighted by molar-refractivity contribution is 5.79. The van der Waals surface area contributed by atoms with Crippen molar-refractivity contribution in [2.75, 3.05) is 51.3 Å². The van der Waals surface area contributed by atoms with Gasteiger partial charge in [0.2, 0.25) is 5.91 Å². The summed E-state index contributed by atoms with van der Waals surface area (Å²) in [6.45, 7) is 4.94. The smallest absolute Gasteiger partial charge is 0.224 e. The number of nitrogens with one attached hydrogen (secondary N) is 1. The average molecular weight is 456 g/mol. The van der Waals surface area contributed by atoms with Crippen molar-refractivity contribution in [3.63, 3.8) is 0 Å². The number of rotatable bonds is 7. The first-order valence-electron chi connectivity index (χ1n) is 12.2. The van der Waals surface area contributed by atoms with E-state index in [2.05, 4.69) is 76.8 Å². The molecule has 0 saturated carbocycles. The maximum Gasteiger partial charge on any atom is 0.224 e. The summed E-state index contributed by atoms with van der Waals surface area (Å²) in [6, 6.07) is 25.6. The number of nitrogens with zero attached hydrogens (tertiary/aromatic N) is 2. The summed E-state index contributed by atoms with van der Waals surface area (Å²) in [6.07, 6.45) is 1.47. The lowest BCUT2D eigenvalue weighted by molar-refractivity contribution is -0.120. The number of fused-ring (bicyclic) bond motifs is 1. The van der Waals surface area contributed by atoms with Crippen LogP contribution in [0.25, 0.3) is 11.1 Å². The summed E-state index contributed by atoms with van der Waals surface area (Å²) in [7, 11) is 2.15. The molecular formula is C29H33N3O2. The Morgan fingerprint density at radius 2 is 1.68 bits per heavy atom. The summed E-state index contributed by atoms with van der Waals surface area (Å²) in [5.74, 6) is 0.0617. The van der Waals surface area contributed by atoms with Crippen LogP contribution in [0.5, 0.6) is 0 Å². The first kappa shape index (κ1) is 22.6. The largest absolute Gasteiger partial charge is 0.379 e. The minimum Gasteiger partial charge on any atom is -0.379 e. The standard InChI is InChI=1S/C29H33N3O2/c1-31-14-13-26-20-25(11-12-27(26)31)28(32-15-17-34-18-16-32)21-30-29(33)19-22-7-9-24(10-8-22)23-5-3-2-4-6-23/h2-12,20,28H,13-19,21H2,1H3,(H,30,33). The van der Waals surface area contributed by atoms with Gasteiger partial charge in [0.1, 0.15) is 0 Å². The van der Waals surface area contributed by atoms with Gasteiger partial charge in [-0.1, -0.05) is 66.7 Å². The van der Waals surface area contributed by atoms with E-state index in [9.17, 15) is 4.79 Å². The van der Waals surface area contributed by atoms with Gasteiger partial charge in [-0.2, -0.15) is 0 Å². The Labute approximate surface area is 202 Å². The van der Waals surface area contributed by atoms with Crippen LogP contribution in [0.3, 0.4) is 0 Å². The molecule has 176 valence electrons. The molecule has 1 unspecified atom stereocenters. The average Bonchev–Trinajstić information content (AvgIpc) is 3.26. The predicted molar refractivity (Wildman–Crippen MR) is 137 cm³/mol. The maximum atomic E-state index is 12.9. The number of hydrogen-bond acceptors (Lipinski definition) is 4. The molecule has 1 amide bonds. The van der Waals surface area contributed by atoms with Crippen molar-refractivity contribution in [2.45, 2.75) is 18.9 Å². The summed E-state index contributed by atoms with van der Waals surface area (Å²) < 4.78 is 5.58. The van der Waals surface area contributed by atoms with Gasteiger partial charge in [0.25, 0.3) is 0 Å². The summed E-state index contributed by atoms with van der Waals surface area (Å²) in [5, 5.41) is 3.22. The highest BCUT2D eigenvalue weighted by atomic mass is 16.5. The highest BCUT2D eigenvalue weighted by Gasteiger charge is 2.25. The monoisotopic (exact) mass is 455 g/mol. The second kappa shape index (κ2) is 10.4. The van der Waals surface area contributed by atoms with E-state index in [1.54, 1.807) is 0 Å². The number of ether oxygens (including phenoxy) is 1. The number of carbonyl (C=O) groups excluding carboxylic acids is 1. The maximum absolute atomic E-state index is 12.9. The van der Waals surface area contributed by atoms with Gasteiger partial charge < -0.3 is 15.0 Å². The molecule has 0 aliphatic carbocycles. The first-order chi connectivity index (χ1) is 16.7. The molecule has 1 N–H and O–H groups in total. The number of hydrogen-bond donors (Lipinski definition) is 1. The Balaban J connectivity index is 1.24. The Morgan fingerprint density at radius 1 is 0.941 bits per heavy atom. The lowest BCUT2D eigenvalue weighted by Gasteiger charge is -2.35. The molecule has 1 saturated heterocycles. The zero-order valence-corrected chi connectivity index (χ0v) is 19.9. The van der Waals surface area contributed by atoms with Gasteiger partial charge in [-0.05, 0) is 40.3 Å². The lowest BCUT2D eigenvalue weighted by atomic mass is 10.00. The Morgan fingerprint density at radius 3 is 2.44 bits per heavy atom. The summed E-state index contributed by atoms with van der Waals surface area (Å²) in [4.78, 5) is 17.6. The summed E-state index contributed by atoms with van der Waals surface area (Å²) >= 11 is 0. The van der Waals surface area contributed by atoms with Crippen LogP contribution in [0.15, 0.2) is 72.8 Å². The van der Waals surface area contributed by atoms with Gasteiger partial charge in [-0.3, -0.25) is 9.69 Å². The van der Waals surface area contributed by atoms with E-state index in [-0.39, 0.29) is 11.9 Å². The molecule has 1 atom stereocenters. The Kier molecular flexibility index (Phi) is 6.93. The van der Waals surface area contributed by atoms with E-state index in [1.165, 1.54) is 27.9 Å². The van der Waals surface area contributed by atoms with Crippen molar-refractivity contribution >= 4 is 11.6 Å². The summed E-state index contributed by atoms with van der Waals surface area (Å²) in [5.41, 5.74) is 7.39. The van der Waals surface area contributed by atoms with Gasteiger partial charge in [0, 0.05) is 38.9 Å². The van der Waals surface area contributed by atoms with Crippen molar-refractivity contribution < 1.29 is 9.53 Å². The van der Waals surface area contributed by atoms with E-state index >= 15 is 0 Å². The third-order valence-corrected chi connectivity index (χ3v) is 7.02. The zero-order valence-electron chi connectivity index (χ0n) is 19.9. The van der Waals surface area contributed by atoms with Crippen LogP contribution in [0, 0.1) is 0 Å². The third-order valence-electron chi connectivity index (χ3n) is 7.02. The van der Waals surface area contributed by atoms with Gasteiger partial charge >= 0.3 is 0 Å². The van der Waals surface area contributed by atoms with Gasteiger partial charge in [-0.15, -0.1) is 0 Å². The highest BCUT2D eigenvalue weighted by Crippen LogP contribution is 2.31. The first-order valence-corrected chi connectivity index (χ1v) is 12.2. The molecule has 2 aliphatic heterocycles. The quantitative estimate of drug-likeness (QED) is 0.583. The van der Waals surface area contributed by atoms with Crippen LogP contribution in [-0.2, 0) is 22.4 Å². The molecule has 3 aromatic rings. The molecule has 5 rings (SSSR count). The Bertz CT molecular complexity index is 1110. The van der Waals surface area contributed by atoms with Gasteiger partial charge in [-0.25, -0.2) is 0 Å². The van der Waals surface area contributed by atoms with Crippen LogP contribution >= 0.6 is 0 Å². The van der Waals surface area contributed by atoms with E-state index in [1.807, 2.05) is 18.2 Å². The molecule has 2 aliphatic rings. The number of morpholine rings is 1. The van der Waals surface area contributed by atoms with E-state index < -0.39 is 0 Å².